The maximum absolute atomic E-state index is 2.40. The number of para-hydroxylation sites is 2. The van der Waals surface area contributed by atoms with Crippen molar-refractivity contribution in [3.63, 3.8) is 0 Å². The zero-order chi connectivity index (χ0) is 21.9. The fraction of sp³-hybridized carbons (Fsp3) is 0.0323. The van der Waals surface area contributed by atoms with Gasteiger partial charge >= 0.3 is 0 Å². The summed E-state index contributed by atoms with van der Waals surface area (Å²) >= 11 is 0. The predicted molar refractivity (Wildman–Crippen MR) is 140 cm³/mol. The molecule has 0 amide bonds. The Morgan fingerprint density at radius 1 is 0.424 bits per heavy atom. The van der Waals surface area contributed by atoms with E-state index in [0.29, 0.717) is 0 Å². The molecule has 0 aliphatic heterocycles. The Labute approximate surface area is 191 Å². The molecule has 2 nitrogen and oxygen atoms in total. The van der Waals surface area contributed by atoms with Crippen molar-refractivity contribution in [2.45, 2.75) is 0 Å². The quantitative estimate of drug-likeness (QED) is 0.266. The van der Waals surface area contributed by atoms with Gasteiger partial charge in [-0.2, -0.15) is 0 Å². The molecular weight excluding hydrogens is 400 g/mol. The highest BCUT2D eigenvalue weighted by molar-refractivity contribution is 6.12. The lowest BCUT2D eigenvalue weighted by atomic mass is 10.0. The van der Waals surface area contributed by atoms with E-state index in [4.69, 9.17) is 0 Å². The Balaban J connectivity index is 1.53. The lowest BCUT2D eigenvalue weighted by molar-refractivity contribution is 1.01. The molecule has 7 aromatic rings. The van der Waals surface area contributed by atoms with Crippen LogP contribution in [0.25, 0.3) is 60.4 Å². The summed E-state index contributed by atoms with van der Waals surface area (Å²) in [4.78, 5) is 0. The van der Waals surface area contributed by atoms with E-state index in [1.807, 2.05) is 0 Å². The van der Waals surface area contributed by atoms with Crippen LogP contribution in [0, 0.1) is 0 Å². The monoisotopic (exact) mass is 422 g/mol. The van der Waals surface area contributed by atoms with Gasteiger partial charge in [0.15, 0.2) is 0 Å². The smallest absolute Gasteiger partial charge is 0.0541 e. The molecule has 0 aliphatic rings. The highest BCUT2D eigenvalue weighted by atomic mass is 15.0. The normalized spacial score (nSPS) is 11.8. The summed E-state index contributed by atoms with van der Waals surface area (Å²) in [5, 5.41) is 5.16. The minimum atomic E-state index is 1.19. The van der Waals surface area contributed by atoms with Crippen molar-refractivity contribution < 1.29 is 0 Å². The minimum Gasteiger partial charge on any atom is -0.344 e. The number of aromatic nitrogens is 2. The van der Waals surface area contributed by atoms with Gasteiger partial charge in [0.1, 0.15) is 0 Å². The molecule has 5 aromatic carbocycles. The third kappa shape index (κ3) is 2.61. The summed E-state index contributed by atoms with van der Waals surface area (Å²) in [5.74, 6) is 0. The molecule has 7 rings (SSSR count). The number of nitrogens with zero attached hydrogens (tertiary/aromatic N) is 2. The first kappa shape index (κ1) is 18.3. The van der Waals surface area contributed by atoms with E-state index in [0.717, 1.165) is 0 Å². The molecule has 0 bridgehead atoms. The number of hydrogen-bond donors (Lipinski definition) is 0. The molecule has 0 aliphatic carbocycles. The molecule has 33 heavy (non-hydrogen) atoms. The maximum atomic E-state index is 2.40. The van der Waals surface area contributed by atoms with Crippen LogP contribution in [-0.2, 0) is 7.05 Å². The fourth-order valence-corrected chi connectivity index (χ4v) is 5.35. The molecule has 0 fully saturated rings. The molecule has 2 heterocycles. The van der Waals surface area contributed by atoms with Crippen molar-refractivity contribution in [3.8, 4) is 16.8 Å². The van der Waals surface area contributed by atoms with E-state index >= 15 is 0 Å². The van der Waals surface area contributed by atoms with Crippen LogP contribution in [0.4, 0.5) is 0 Å². The first-order valence-corrected chi connectivity index (χ1v) is 11.4. The van der Waals surface area contributed by atoms with Crippen molar-refractivity contribution in [3.05, 3.63) is 115 Å². The second-order valence-corrected chi connectivity index (χ2v) is 8.73. The lowest BCUT2D eigenvalue weighted by Crippen LogP contribution is -1.95. The highest BCUT2D eigenvalue weighted by Gasteiger charge is 2.15. The van der Waals surface area contributed by atoms with E-state index in [2.05, 4.69) is 131 Å². The standard InChI is InChI=1S/C31H22N2/c1-32-28-13-7-5-11-24(28)26-17-16-23(20-31(26)32)33-29-14-8-6-12-25(29)27-19-22(15-18-30(27)33)21-9-3-2-4-10-21/h2-20H,1H3. The van der Waals surface area contributed by atoms with Crippen molar-refractivity contribution >= 4 is 43.6 Å². The molecule has 2 aromatic heterocycles. The summed E-state index contributed by atoms with van der Waals surface area (Å²) < 4.78 is 4.70. The van der Waals surface area contributed by atoms with Crippen LogP contribution >= 0.6 is 0 Å². The van der Waals surface area contributed by atoms with Gasteiger partial charge in [-0.1, -0.05) is 78.9 Å². The second kappa shape index (κ2) is 6.85. The van der Waals surface area contributed by atoms with Gasteiger partial charge in [0.2, 0.25) is 0 Å². The Morgan fingerprint density at radius 2 is 1.06 bits per heavy atom. The average molecular weight is 423 g/mol. The number of rotatable bonds is 2. The van der Waals surface area contributed by atoms with E-state index < -0.39 is 0 Å². The van der Waals surface area contributed by atoms with E-state index in [1.165, 1.54) is 60.4 Å². The Hall–Kier alpha value is -4.30. The van der Waals surface area contributed by atoms with Crippen LogP contribution in [0.15, 0.2) is 115 Å². The van der Waals surface area contributed by atoms with E-state index in [9.17, 15) is 0 Å². The van der Waals surface area contributed by atoms with E-state index in [1.54, 1.807) is 0 Å². The van der Waals surface area contributed by atoms with Gasteiger partial charge in [0.25, 0.3) is 0 Å². The molecule has 0 unspecified atom stereocenters. The Morgan fingerprint density at radius 3 is 1.88 bits per heavy atom. The number of benzene rings is 5. The molecule has 0 N–H and O–H groups in total. The largest absolute Gasteiger partial charge is 0.344 e. The first-order valence-electron chi connectivity index (χ1n) is 11.4. The summed E-state index contributed by atoms with van der Waals surface area (Å²) in [5.41, 5.74) is 8.65. The van der Waals surface area contributed by atoms with Crippen molar-refractivity contribution in [2.24, 2.45) is 7.05 Å². The van der Waals surface area contributed by atoms with Gasteiger partial charge in [-0.3, -0.25) is 0 Å². The molecular formula is C31H22N2. The summed E-state index contributed by atoms with van der Waals surface area (Å²) in [6.45, 7) is 0. The average Bonchev–Trinajstić information content (AvgIpc) is 3.36. The highest BCUT2D eigenvalue weighted by Crippen LogP contribution is 2.36. The predicted octanol–water partition coefficient (Wildman–Crippen LogP) is 8.10. The van der Waals surface area contributed by atoms with Crippen molar-refractivity contribution in [1.82, 2.24) is 9.13 Å². The molecule has 2 heteroatoms. The number of aryl methyl sites for hydroxylation is 1. The third-order valence-electron chi connectivity index (χ3n) is 6.94. The topological polar surface area (TPSA) is 9.86 Å². The van der Waals surface area contributed by atoms with Crippen LogP contribution in [0.1, 0.15) is 0 Å². The van der Waals surface area contributed by atoms with Gasteiger partial charge in [0, 0.05) is 39.8 Å². The van der Waals surface area contributed by atoms with Crippen LogP contribution in [-0.4, -0.2) is 9.13 Å². The van der Waals surface area contributed by atoms with Crippen LogP contribution in [0.2, 0.25) is 0 Å². The number of fused-ring (bicyclic) bond motifs is 6. The third-order valence-corrected chi connectivity index (χ3v) is 6.94. The molecule has 0 saturated carbocycles. The van der Waals surface area contributed by atoms with Crippen molar-refractivity contribution in [2.75, 3.05) is 0 Å². The van der Waals surface area contributed by atoms with Gasteiger partial charge < -0.3 is 9.13 Å². The van der Waals surface area contributed by atoms with E-state index in [-0.39, 0.29) is 0 Å². The Kier molecular flexibility index (Phi) is 3.80. The lowest BCUT2D eigenvalue weighted by Gasteiger charge is -2.09. The molecule has 0 radical (unpaired) electrons. The minimum absolute atomic E-state index is 1.19. The molecule has 0 atom stereocenters. The van der Waals surface area contributed by atoms with Crippen molar-refractivity contribution in [1.29, 1.82) is 0 Å². The van der Waals surface area contributed by atoms with Gasteiger partial charge in [0.05, 0.1) is 16.6 Å². The zero-order valence-corrected chi connectivity index (χ0v) is 18.4. The Bertz CT molecular complexity index is 1820. The molecule has 0 saturated heterocycles. The van der Waals surface area contributed by atoms with Gasteiger partial charge in [-0.15, -0.1) is 0 Å². The zero-order valence-electron chi connectivity index (χ0n) is 18.4. The summed E-state index contributed by atoms with van der Waals surface area (Å²) in [6.07, 6.45) is 0. The number of hydrogen-bond acceptors (Lipinski definition) is 0. The van der Waals surface area contributed by atoms with Crippen LogP contribution < -0.4 is 0 Å². The second-order valence-electron chi connectivity index (χ2n) is 8.73. The fourth-order valence-electron chi connectivity index (χ4n) is 5.35. The van der Waals surface area contributed by atoms with Crippen LogP contribution in [0.5, 0.6) is 0 Å². The maximum Gasteiger partial charge on any atom is 0.0541 e. The SMILES string of the molecule is Cn1c2ccccc2c2ccc(-n3c4ccccc4c4cc(-c5ccccc5)ccc43)cc21. The molecule has 156 valence electrons. The van der Waals surface area contributed by atoms with Crippen LogP contribution in [0.3, 0.4) is 0 Å². The molecule has 0 spiro atoms. The summed E-state index contributed by atoms with van der Waals surface area (Å²) in [6, 6.07) is 41.7. The van der Waals surface area contributed by atoms with Gasteiger partial charge in [-0.25, -0.2) is 0 Å². The van der Waals surface area contributed by atoms with Gasteiger partial charge in [-0.05, 0) is 47.5 Å². The summed E-state index contributed by atoms with van der Waals surface area (Å²) in [7, 11) is 2.16. The first-order chi connectivity index (χ1) is 16.3.